The van der Waals surface area contributed by atoms with Crippen LogP contribution in [0.4, 0.5) is 15.9 Å². The van der Waals surface area contributed by atoms with Gasteiger partial charge in [-0.3, -0.25) is 14.2 Å². The maximum Gasteiger partial charge on any atom is 0.260 e. The minimum absolute atomic E-state index is 0.242. The number of aromatic nitrogens is 1. The monoisotopic (exact) mass is 461 g/mol. The molecule has 0 saturated carbocycles. The molecule has 3 N–H and O–H groups in total. The van der Waals surface area contributed by atoms with Crippen molar-refractivity contribution in [3.8, 4) is 16.9 Å². The van der Waals surface area contributed by atoms with Crippen LogP contribution < -0.4 is 21.3 Å². The van der Waals surface area contributed by atoms with Gasteiger partial charge in [0.15, 0.2) is 0 Å². The van der Waals surface area contributed by atoms with Crippen LogP contribution in [0.2, 0.25) is 0 Å². The summed E-state index contributed by atoms with van der Waals surface area (Å²) in [6.45, 7) is 0.524. The molecule has 0 aliphatic rings. The van der Waals surface area contributed by atoms with E-state index in [9.17, 15) is 14.0 Å². The van der Waals surface area contributed by atoms with Crippen LogP contribution in [-0.4, -0.2) is 31.3 Å². The summed E-state index contributed by atoms with van der Waals surface area (Å²) in [6, 6.07) is 17.7. The van der Waals surface area contributed by atoms with Gasteiger partial charge in [0.1, 0.15) is 17.4 Å². The average molecular weight is 461 g/mol. The molecule has 0 unspecified atom stereocenters. The molecule has 4 aromatic rings. The molecule has 0 saturated heterocycles. The number of nitrogens with two attached hydrogens (primary N) is 1. The van der Waals surface area contributed by atoms with Crippen LogP contribution in [0.25, 0.3) is 21.9 Å². The molecule has 34 heavy (non-hydrogen) atoms. The predicted molar refractivity (Wildman–Crippen MR) is 131 cm³/mol. The molecular weight excluding hydrogens is 437 g/mol. The number of carbonyl (C=O) groups is 1. The number of pyridine rings is 1. The van der Waals surface area contributed by atoms with E-state index in [2.05, 4.69) is 5.32 Å². The van der Waals surface area contributed by atoms with Crippen molar-refractivity contribution < 1.29 is 18.7 Å². The van der Waals surface area contributed by atoms with E-state index in [1.54, 1.807) is 54.6 Å². The number of anilines is 2. The first-order valence-corrected chi connectivity index (χ1v) is 10.6. The molecule has 0 bridgehead atoms. The summed E-state index contributed by atoms with van der Waals surface area (Å²) < 4.78 is 25.3. The zero-order valence-electron chi connectivity index (χ0n) is 18.8. The fourth-order valence-electron chi connectivity index (χ4n) is 3.84. The largest absolute Gasteiger partial charge is 0.497 e. The summed E-state index contributed by atoms with van der Waals surface area (Å²) in [5.41, 5.74) is 8.25. The highest BCUT2D eigenvalue weighted by molar-refractivity contribution is 6.07. The maximum atomic E-state index is 13.5. The van der Waals surface area contributed by atoms with Gasteiger partial charge in [0.25, 0.3) is 11.5 Å². The minimum Gasteiger partial charge on any atom is -0.497 e. The van der Waals surface area contributed by atoms with Gasteiger partial charge >= 0.3 is 0 Å². The number of nitrogen functional groups attached to an aromatic ring is 1. The van der Waals surface area contributed by atoms with E-state index < -0.39 is 0 Å². The van der Waals surface area contributed by atoms with Crippen molar-refractivity contribution in [2.24, 2.45) is 0 Å². The quantitative estimate of drug-likeness (QED) is 0.428. The molecule has 8 heteroatoms. The molecule has 1 aromatic heterocycles. The second-order valence-electron chi connectivity index (χ2n) is 7.66. The Balaban J connectivity index is 1.83. The summed E-state index contributed by atoms with van der Waals surface area (Å²) in [5, 5.41) is 3.79. The lowest BCUT2D eigenvalue weighted by molar-refractivity contribution is 0.102. The SMILES string of the molecule is COCCn1c(N)c(-c2ccc(F)cc2)c2ccc(NC(=O)c3cccc(OC)c3)cc2c1=O. The highest BCUT2D eigenvalue weighted by Crippen LogP contribution is 2.33. The predicted octanol–water partition coefficient (Wildman–Crippen LogP) is 4.30. The molecule has 0 fully saturated rings. The average Bonchev–Trinajstić information content (AvgIpc) is 2.85. The second-order valence-corrected chi connectivity index (χ2v) is 7.66. The van der Waals surface area contributed by atoms with Crippen LogP contribution in [0.1, 0.15) is 10.4 Å². The van der Waals surface area contributed by atoms with Gasteiger partial charge in [0.05, 0.1) is 20.3 Å². The van der Waals surface area contributed by atoms with Crippen LogP contribution in [0.15, 0.2) is 71.5 Å². The third-order valence-electron chi connectivity index (χ3n) is 5.55. The molecule has 7 nitrogen and oxygen atoms in total. The van der Waals surface area contributed by atoms with Gasteiger partial charge in [-0.2, -0.15) is 0 Å². The number of nitrogens with zero attached hydrogens (tertiary/aromatic N) is 1. The molecule has 1 heterocycles. The first-order valence-electron chi connectivity index (χ1n) is 10.6. The van der Waals surface area contributed by atoms with Crippen LogP contribution in [0, 0.1) is 5.82 Å². The minimum atomic E-state index is -0.373. The van der Waals surface area contributed by atoms with E-state index in [-0.39, 0.29) is 36.3 Å². The number of amides is 1. The molecule has 0 aliphatic heterocycles. The standard InChI is InChI=1S/C26H24FN3O4/c1-33-13-12-30-24(28)23(16-6-8-18(27)9-7-16)21-11-10-19(15-22(21)26(30)32)29-25(31)17-4-3-5-20(14-17)34-2/h3-11,14-15H,12-13,28H2,1-2H3,(H,29,31). The summed E-state index contributed by atoms with van der Waals surface area (Å²) in [4.78, 5) is 26.1. The highest BCUT2D eigenvalue weighted by Gasteiger charge is 2.17. The van der Waals surface area contributed by atoms with Crippen LogP contribution in [0.5, 0.6) is 5.75 Å². The number of nitrogens with one attached hydrogen (secondary N) is 1. The Morgan fingerprint density at radius 2 is 1.79 bits per heavy atom. The molecule has 0 aliphatic carbocycles. The van der Waals surface area contributed by atoms with Crippen molar-refractivity contribution in [2.45, 2.75) is 6.54 Å². The van der Waals surface area contributed by atoms with Crippen molar-refractivity contribution in [1.29, 1.82) is 0 Å². The molecule has 1 amide bonds. The molecule has 3 aromatic carbocycles. The third-order valence-corrected chi connectivity index (χ3v) is 5.55. The van der Waals surface area contributed by atoms with E-state index in [4.69, 9.17) is 15.2 Å². The Morgan fingerprint density at radius 1 is 1.03 bits per heavy atom. The summed E-state index contributed by atoms with van der Waals surface area (Å²) in [5.74, 6) is 0.106. The number of carbonyl (C=O) groups excluding carboxylic acids is 1. The topological polar surface area (TPSA) is 95.6 Å². The van der Waals surface area contributed by atoms with Crippen molar-refractivity contribution in [3.63, 3.8) is 0 Å². The molecule has 0 spiro atoms. The maximum absolute atomic E-state index is 13.5. The van der Waals surface area contributed by atoms with Crippen LogP contribution in [0.3, 0.4) is 0 Å². The van der Waals surface area contributed by atoms with Gasteiger partial charge in [-0.1, -0.05) is 24.3 Å². The lowest BCUT2D eigenvalue weighted by Gasteiger charge is -2.18. The van der Waals surface area contributed by atoms with E-state index >= 15 is 0 Å². The first-order chi connectivity index (χ1) is 16.4. The number of rotatable bonds is 7. The molecule has 174 valence electrons. The smallest absolute Gasteiger partial charge is 0.260 e. The van der Waals surface area contributed by atoms with E-state index in [1.807, 2.05) is 0 Å². The molecule has 0 atom stereocenters. The first kappa shape index (κ1) is 23.0. The van der Waals surface area contributed by atoms with Gasteiger partial charge < -0.3 is 20.5 Å². The number of halogens is 1. The Labute approximate surface area is 195 Å². The van der Waals surface area contributed by atoms with Crippen LogP contribution in [-0.2, 0) is 11.3 Å². The summed E-state index contributed by atoms with van der Waals surface area (Å²) >= 11 is 0. The summed E-state index contributed by atoms with van der Waals surface area (Å²) in [6.07, 6.45) is 0. The highest BCUT2D eigenvalue weighted by atomic mass is 19.1. The fourth-order valence-corrected chi connectivity index (χ4v) is 3.84. The second kappa shape index (κ2) is 9.76. The zero-order chi connectivity index (χ0) is 24.2. The van der Waals surface area contributed by atoms with E-state index in [0.717, 1.165) is 0 Å². The number of hydrogen-bond donors (Lipinski definition) is 2. The number of fused-ring (bicyclic) bond motifs is 1. The van der Waals surface area contributed by atoms with E-state index in [0.29, 0.717) is 38.9 Å². The third kappa shape index (κ3) is 4.49. The number of ether oxygens (including phenoxy) is 2. The lowest BCUT2D eigenvalue weighted by Crippen LogP contribution is -2.26. The van der Waals surface area contributed by atoms with Gasteiger partial charge in [-0.15, -0.1) is 0 Å². The van der Waals surface area contributed by atoms with Crippen LogP contribution >= 0.6 is 0 Å². The number of benzene rings is 3. The Hall–Kier alpha value is -4.17. The lowest BCUT2D eigenvalue weighted by atomic mass is 9.98. The van der Waals surface area contributed by atoms with Crippen molar-refractivity contribution in [3.05, 3.63) is 88.5 Å². The normalized spacial score (nSPS) is 10.9. The Morgan fingerprint density at radius 3 is 2.50 bits per heavy atom. The van der Waals surface area contributed by atoms with Gasteiger partial charge in [0, 0.05) is 29.3 Å². The zero-order valence-corrected chi connectivity index (χ0v) is 18.8. The number of hydrogen-bond acceptors (Lipinski definition) is 5. The van der Waals surface area contributed by atoms with Crippen molar-refractivity contribution in [1.82, 2.24) is 4.57 Å². The Kier molecular flexibility index (Phi) is 6.60. The van der Waals surface area contributed by atoms with Crippen molar-refractivity contribution in [2.75, 3.05) is 31.9 Å². The van der Waals surface area contributed by atoms with Gasteiger partial charge in [0.2, 0.25) is 0 Å². The summed E-state index contributed by atoms with van der Waals surface area (Å²) in [7, 11) is 3.06. The Bertz CT molecular complexity index is 1410. The van der Waals surface area contributed by atoms with Crippen molar-refractivity contribution >= 4 is 28.2 Å². The molecule has 0 radical (unpaired) electrons. The number of methoxy groups -OCH3 is 2. The molecular formula is C26H24FN3O4. The van der Waals surface area contributed by atoms with E-state index in [1.165, 1.54) is 30.9 Å². The van der Waals surface area contributed by atoms with Gasteiger partial charge in [-0.25, -0.2) is 4.39 Å². The fraction of sp³-hybridized carbons (Fsp3) is 0.154. The molecule has 4 rings (SSSR count). The van der Waals surface area contributed by atoms with Gasteiger partial charge in [-0.05, 0) is 53.4 Å².